The van der Waals surface area contributed by atoms with E-state index >= 15 is 0 Å². The second-order valence-electron chi connectivity index (χ2n) is 7.63. The molecule has 1 N–H and O–H groups in total. The van der Waals surface area contributed by atoms with Crippen LogP contribution in [0.1, 0.15) is 38.5 Å². The van der Waals surface area contributed by atoms with Crippen LogP contribution in [-0.2, 0) is 6.18 Å². The lowest BCUT2D eigenvalue weighted by molar-refractivity contribution is -0.137. The number of aromatic nitrogens is 3. The lowest BCUT2D eigenvalue weighted by Crippen LogP contribution is -2.15. The summed E-state index contributed by atoms with van der Waals surface area (Å²) in [5, 5.41) is 14.2. The largest absolute Gasteiger partial charge is 0.497 e. The zero-order valence-electron chi connectivity index (χ0n) is 18.5. The van der Waals surface area contributed by atoms with E-state index in [9.17, 15) is 23.1 Å². The summed E-state index contributed by atoms with van der Waals surface area (Å²) in [6, 6.07) is 18.5. The molecule has 0 radical (unpaired) electrons. The average molecular weight is 479 g/mol. The van der Waals surface area contributed by atoms with Gasteiger partial charge in [-0.25, -0.2) is 14.5 Å². The summed E-state index contributed by atoms with van der Waals surface area (Å²) in [5.41, 5.74) is 1.43. The van der Waals surface area contributed by atoms with Crippen LogP contribution in [0, 0.1) is 0 Å². The predicted octanol–water partition coefficient (Wildman–Crippen LogP) is 5.83. The van der Waals surface area contributed by atoms with Gasteiger partial charge in [-0.15, -0.1) is 0 Å². The van der Waals surface area contributed by atoms with Crippen molar-refractivity contribution in [2.24, 2.45) is 0 Å². The number of allylic oxidation sites excluding steroid dienone is 1. The Hall–Kier alpha value is -4.40. The topological polar surface area (TPSA) is 77.2 Å². The van der Waals surface area contributed by atoms with Gasteiger partial charge in [0.2, 0.25) is 0 Å². The number of aromatic carboxylic acids is 1. The fraction of sp³-hybridized carbons (Fsp3) is 0.115. The number of hydrogen-bond donors (Lipinski definition) is 1. The number of ether oxygens (including phenoxy) is 1. The van der Waals surface area contributed by atoms with Crippen molar-refractivity contribution in [2.45, 2.75) is 12.1 Å². The van der Waals surface area contributed by atoms with Crippen LogP contribution < -0.4 is 4.74 Å². The molecule has 0 aliphatic rings. The van der Waals surface area contributed by atoms with Gasteiger partial charge in [0.15, 0.2) is 0 Å². The molecule has 0 aliphatic heterocycles. The molecule has 0 aliphatic carbocycles. The lowest BCUT2D eigenvalue weighted by atomic mass is 9.84. The highest BCUT2D eigenvalue weighted by Crippen LogP contribution is 2.39. The molecular formula is C26H20F3N3O3. The summed E-state index contributed by atoms with van der Waals surface area (Å²) in [6.07, 6.45) is -0.0169. The van der Waals surface area contributed by atoms with E-state index in [1.165, 1.54) is 42.6 Å². The number of rotatable bonds is 7. The number of alkyl halides is 3. The first-order chi connectivity index (χ1) is 16.8. The van der Waals surface area contributed by atoms with Crippen molar-refractivity contribution in [1.29, 1.82) is 0 Å². The maximum atomic E-state index is 13.1. The van der Waals surface area contributed by atoms with Crippen LogP contribution in [-0.4, -0.2) is 33.0 Å². The Kier molecular flexibility index (Phi) is 6.68. The number of benzene rings is 3. The number of hydrogen-bond acceptors (Lipinski definition) is 4. The minimum atomic E-state index is -4.46. The first-order valence-electron chi connectivity index (χ1n) is 10.5. The van der Waals surface area contributed by atoms with Crippen LogP contribution >= 0.6 is 0 Å². The molecule has 1 heterocycles. The molecule has 0 amide bonds. The zero-order chi connectivity index (χ0) is 25.0. The van der Waals surface area contributed by atoms with Crippen LogP contribution in [0.3, 0.4) is 0 Å². The van der Waals surface area contributed by atoms with E-state index in [1.54, 1.807) is 18.2 Å². The van der Waals surface area contributed by atoms with Gasteiger partial charge in [-0.3, -0.25) is 0 Å². The summed E-state index contributed by atoms with van der Waals surface area (Å²) >= 11 is 0. The van der Waals surface area contributed by atoms with Crippen LogP contribution in [0.5, 0.6) is 5.75 Å². The van der Waals surface area contributed by atoms with Crippen molar-refractivity contribution < 1.29 is 27.8 Å². The van der Waals surface area contributed by atoms with Crippen molar-refractivity contribution in [1.82, 2.24) is 14.8 Å². The number of carboxylic acids is 1. The van der Waals surface area contributed by atoms with E-state index < -0.39 is 23.6 Å². The third-order valence-corrected chi connectivity index (χ3v) is 5.46. The molecule has 0 spiro atoms. The van der Waals surface area contributed by atoms with Gasteiger partial charge in [-0.05, 0) is 53.1 Å². The fourth-order valence-corrected chi connectivity index (χ4v) is 3.82. The fourth-order valence-electron chi connectivity index (χ4n) is 3.82. The molecule has 1 aromatic heterocycles. The summed E-state index contributed by atoms with van der Waals surface area (Å²) in [5.74, 6) is -1.34. The molecule has 0 saturated carbocycles. The summed E-state index contributed by atoms with van der Waals surface area (Å²) < 4.78 is 46.0. The zero-order valence-corrected chi connectivity index (χ0v) is 18.5. The Balaban J connectivity index is 1.97. The highest BCUT2D eigenvalue weighted by Gasteiger charge is 2.30. The van der Waals surface area contributed by atoms with E-state index in [0.717, 1.165) is 17.7 Å². The SMILES string of the molecule is COc1ccc(C(=O)O)c(C(/C(=C\c2ccc(C(F)(F)F)cc2)n2cncn2)c2ccccc2)c1. The third kappa shape index (κ3) is 5.24. The highest BCUT2D eigenvalue weighted by atomic mass is 19.4. The first-order valence-corrected chi connectivity index (χ1v) is 10.5. The Morgan fingerprint density at radius 2 is 1.77 bits per heavy atom. The number of carboxylic acid groups (broad SMARTS) is 1. The van der Waals surface area contributed by atoms with Crippen molar-refractivity contribution >= 4 is 17.7 Å². The minimum Gasteiger partial charge on any atom is -0.497 e. The van der Waals surface area contributed by atoms with Crippen LogP contribution in [0.2, 0.25) is 0 Å². The predicted molar refractivity (Wildman–Crippen MR) is 124 cm³/mol. The number of methoxy groups -OCH3 is 1. The molecule has 35 heavy (non-hydrogen) atoms. The van der Waals surface area contributed by atoms with Crippen molar-refractivity contribution in [3.63, 3.8) is 0 Å². The van der Waals surface area contributed by atoms with E-state index in [2.05, 4.69) is 10.1 Å². The molecular weight excluding hydrogens is 459 g/mol. The Morgan fingerprint density at radius 1 is 1.06 bits per heavy atom. The van der Waals surface area contributed by atoms with Gasteiger partial charge in [0.25, 0.3) is 0 Å². The number of nitrogens with zero attached hydrogens (tertiary/aromatic N) is 3. The lowest BCUT2D eigenvalue weighted by Gasteiger charge is -2.24. The molecule has 0 fully saturated rings. The molecule has 0 bridgehead atoms. The summed E-state index contributed by atoms with van der Waals surface area (Å²) in [4.78, 5) is 16.2. The van der Waals surface area contributed by atoms with Crippen LogP contribution in [0.15, 0.2) is 85.5 Å². The number of halogens is 3. The van der Waals surface area contributed by atoms with E-state index in [0.29, 0.717) is 22.6 Å². The first kappa shape index (κ1) is 23.7. The van der Waals surface area contributed by atoms with E-state index in [-0.39, 0.29) is 5.56 Å². The molecule has 1 unspecified atom stereocenters. The Bertz CT molecular complexity index is 1330. The standard InChI is InChI=1S/C26H20F3N3O3/c1-35-20-11-12-21(25(33)34)22(14-20)24(18-5-3-2-4-6-18)23(32-16-30-15-31-32)13-17-7-9-19(10-8-17)26(27,28)29/h2-16,24H,1H3,(H,33,34)/b23-13+. The van der Waals surface area contributed by atoms with E-state index in [1.807, 2.05) is 30.3 Å². The Morgan fingerprint density at radius 3 is 2.34 bits per heavy atom. The molecule has 4 aromatic rings. The molecule has 9 heteroatoms. The molecule has 0 saturated heterocycles. The second kappa shape index (κ2) is 9.84. The van der Waals surface area contributed by atoms with E-state index in [4.69, 9.17) is 4.74 Å². The van der Waals surface area contributed by atoms with Crippen molar-refractivity contribution in [3.8, 4) is 5.75 Å². The van der Waals surface area contributed by atoms with Crippen molar-refractivity contribution in [2.75, 3.05) is 7.11 Å². The normalized spacial score (nSPS) is 12.9. The summed E-state index contributed by atoms with van der Waals surface area (Å²) in [7, 11) is 1.48. The molecule has 1 atom stereocenters. The molecule has 178 valence electrons. The molecule has 4 rings (SSSR count). The van der Waals surface area contributed by atoms with Gasteiger partial charge < -0.3 is 9.84 Å². The van der Waals surface area contributed by atoms with Crippen LogP contribution in [0.25, 0.3) is 11.8 Å². The van der Waals surface area contributed by atoms with Gasteiger partial charge >= 0.3 is 12.1 Å². The van der Waals surface area contributed by atoms with Crippen molar-refractivity contribution in [3.05, 3.63) is 113 Å². The quantitative estimate of drug-likeness (QED) is 0.361. The molecule has 6 nitrogen and oxygen atoms in total. The van der Waals surface area contributed by atoms with Gasteiger partial charge in [0.1, 0.15) is 18.4 Å². The summed E-state index contributed by atoms with van der Waals surface area (Å²) in [6.45, 7) is 0. The van der Waals surface area contributed by atoms with Gasteiger partial charge in [0.05, 0.1) is 29.9 Å². The average Bonchev–Trinajstić information content (AvgIpc) is 3.39. The second-order valence-corrected chi connectivity index (χ2v) is 7.63. The van der Waals surface area contributed by atoms with Gasteiger partial charge in [-0.1, -0.05) is 42.5 Å². The number of carbonyl (C=O) groups is 1. The third-order valence-electron chi connectivity index (χ3n) is 5.46. The minimum absolute atomic E-state index is 0.0538. The van der Waals surface area contributed by atoms with Gasteiger partial charge in [-0.2, -0.15) is 18.3 Å². The maximum Gasteiger partial charge on any atom is 0.416 e. The Labute approximate surface area is 198 Å². The monoisotopic (exact) mass is 479 g/mol. The highest BCUT2D eigenvalue weighted by molar-refractivity contribution is 5.92. The smallest absolute Gasteiger partial charge is 0.416 e. The van der Waals surface area contributed by atoms with Crippen LogP contribution in [0.4, 0.5) is 13.2 Å². The maximum absolute atomic E-state index is 13.1. The van der Waals surface area contributed by atoms with Gasteiger partial charge in [0, 0.05) is 0 Å². The molecule has 3 aromatic carbocycles.